The Hall–Kier alpha value is -2.85. The molecule has 0 aromatic carbocycles. The first-order valence-corrected chi connectivity index (χ1v) is 8.27. The summed E-state index contributed by atoms with van der Waals surface area (Å²) in [5.74, 6) is 6.42. The highest BCUT2D eigenvalue weighted by Gasteiger charge is 2.17. The molecule has 1 unspecified atom stereocenters. The van der Waals surface area contributed by atoms with Crippen LogP contribution in [0.2, 0.25) is 0 Å². The number of alkyl halides is 1. The van der Waals surface area contributed by atoms with E-state index >= 15 is 0 Å². The van der Waals surface area contributed by atoms with Crippen LogP contribution in [-0.4, -0.2) is 47.0 Å². The number of nitrogens with zero attached hydrogens (tertiary/aromatic N) is 3. The molecule has 4 bridgehead atoms. The van der Waals surface area contributed by atoms with Gasteiger partial charge in [0, 0.05) is 37.8 Å². The highest BCUT2D eigenvalue weighted by molar-refractivity contribution is 5.82. The highest BCUT2D eigenvalue weighted by atomic mass is 19.1. The maximum atomic E-state index is 14.3. The number of hydrogen-bond donors (Lipinski definition) is 2. The van der Waals surface area contributed by atoms with Crippen molar-refractivity contribution in [2.45, 2.75) is 12.6 Å². The SMILES string of the molecule is FC1C#CC/C=C2\C=C1OCCNCCNc1ccn3ncc2c3n1. The van der Waals surface area contributed by atoms with Crippen LogP contribution in [-0.2, 0) is 4.74 Å². The van der Waals surface area contributed by atoms with E-state index in [-0.39, 0.29) is 5.76 Å². The molecule has 7 heteroatoms. The number of allylic oxidation sites excluding steroid dienone is 4. The summed E-state index contributed by atoms with van der Waals surface area (Å²) in [6.07, 6.45) is 6.30. The van der Waals surface area contributed by atoms with Crippen LogP contribution in [0.4, 0.5) is 10.2 Å². The minimum atomic E-state index is -1.43. The molecule has 0 saturated carbocycles. The largest absolute Gasteiger partial charge is 0.492 e. The van der Waals surface area contributed by atoms with Crippen molar-refractivity contribution in [2.75, 3.05) is 31.6 Å². The van der Waals surface area contributed by atoms with Gasteiger partial charge < -0.3 is 15.4 Å². The first-order chi connectivity index (χ1) is 12.3. The maximum Gasteiger partial charge on any atom is 0.217 e. The molecule has 0 amide bonds. The first kappa shape index (κ1) is 15.7. The molecule has 1 aliphatic carbocycles. The zero-order valence-electron chi connectivity index (χ0n) is 13.6. The van der Waals surface area contributed by atoms with Gasteiger partial charge in [0.25, 0.3) is 0 Å². The summed E-state index contributed by atoms with van der Waals surface area (Å²) >= 11 is 0. The summed E-state index contributed by atoms with van der Waals surface area (Å²) in [6.45, 7) is 2.50. The molecular formula is C18H18FN5O. The van der Waals surface area contributed by atoms with Gasteiger partial charge >= 0.3 is 0 Å². The van der Waals surface area contributed by atoms with E-state index in [1.807, 2.05) is 18.3 Å². The molecule has 25 heavy (non-hydrogen) atoms. The van der Waals surface area contributed by atoms with Crippen LogP contribution >= 0.6 is 0 Å². The zero-order valence-corrected chi connectivity index (χ0v) is 13.6. The fourth-order valence-corrected chi connectivity index (χ4v) is 2.78. The molecule has 3 heterocycles. The van der Waals surface area contributed by atoms with E-state index < -0.39 is 6.17 Å². The van der Waals surface area contributed by atoms with E-state index in [1.54, 1.807) is 16.8 Å². The number of anilines is 1. The normalized spacial score (nSPS) is 22.8. The summed E-state index contributed by atoms with van der Waals surface area (Å²) in [7, 11) is 0. The molecule has 2 aromatic rings. The van der Waals surface area contributed by atoms with Crippen molar-refractivity contribution in [3.8, 4) is 11.8 Å². The van der Waals surface area contributed by atoms with Gasteiger partial charge in [0.15, 0.2) is 5.65 Å². The van der Waals surface area contributed by atoms with E-state index in [9.17, 15) is 4.39 Å². The Morgan fingerprint density at radius 1 is 1.32 bits per heavy atom. The molecule has 128 valence electrons. The molecule has 0 radical (unpaired) electrons. The average Bonchev–Trinajstić information content (AvgIpc) is 3.02. The van der Waals surface area contributed by atoms with Crippen LogP contribution in [0.15, 0.2) is 36.4 Å². The molecule has 2 aromatic heterocycles. The average molecular weight is 339 g/mol. The van der Waals surface area contributed by atoms with Gasteiger partial charge in [-0.25, -0.2) is 13.9 Å². The Labute approximate surface area is 144 Å². The number of fused-ring (bicyclic) bond motifs is 3. The number of rotatable bonds is 0. The second-order valence-corrected chi connectivity index (χ2v) is 5.76. The van der Waals surface area contributed by atoms with E-state index in [4.69, 9.17) is 4.74 Å². The van der Waals surface area contributed by atoms with E-state index in [0.717, 1.165) is 30.0 Å². The third-order valence-corrected chi connectivity index (χ3v) is 4.04. The second kappa shape index (κ2) is 6.95. The Kier molecular flexibility index (Phi) is 4.36. The van der Waals surface area contributed by atoms with Gasteiger partial charge in [-0.1, -0.05) is 17.9 Å². The Morgan fingerprint density at radius 3 is 3.24 bits per heavy atom. The molecule has 2 N–H and O–H groups in total. The van der Waals surface area contributed by atoms with Crippen LogP contribution in [0, 0.1) is 11.8 Å². The summed E-state index contributed by atoms with van der Waals surface area (Å²) in [5, 5.41) is 10.9. The van der Waals surface area contributed by atoms with Gasteiger partial charge in [0.1, 0.15) is 18.2 Å². The molecule has 1 aliphatic heterocycles. The van der Waals surface area contributed by atoms with Gasteiger partial charge in [-0.3, -0.25) is 0 Å². The van der Waals surface area contributed by atoms with E-state index in [1.165, 1.54) is 0 Å². The fraction of sp³-hybridized carbons (Fsp3) is 0.333. The van der Waals surface area contributed by atoms with Gasteiger partial charge in [0.05, 0.1) is 6.20 Å². The van der Waals surface area contributed by atoms with Crippen molar-refractivity contribution in [3.05, 3.63) is 41.9 Å². The molecular weight excluding hydrogens is 321 g/mol. The van der Waals surface area contributed by atoms with Crippen molar-refractivity contribution in [2.24, 2.45) is 0 Å². The molecule has 4 rings (SSSR count). The lowest BCUT2D eigenvalue weighted by atomic mass is 10.0. The molecule has 0 spiro atoms. The van der Waals surface area contributed by atoms with Gasteiger partial charge in [-0.15, -0.1) is 0 Å². The third kappa shape index (κ3) is 3.35. The molecule has 6 nitrogen and oxygen atoms in total. The fourth-order valence-electron chi connectivity index (χ4n) is 2.78. The number of aromatic nitrogens is 3. The Morgan fingerprint density at radius 2 is 2.28 bits per heavy atom. The summed E-state index contributed by atoms with van der Waals surface area (Å²) in [6, 6.07) is 1.88. The minimum absolute atomic E-state index is 0.228. The van der Waals surface area contributed by atoms with Gasteiger partial charge in [-0.2, -0.15) is 5.10 Å². The molecule has 0 fully saturated rings. The lowest BCUT2D eigenvalue weighted by Crippen LogP contribution is -2.26. The minimum Gasteiger partial charge on any atom is -0.492 e. The molecule has 0 saturated heterocycles. The summed E-state index contributed by atoms with van der Waals surface area (Å²) in [5.41, 5.74) is 2.35. The summed E-state index contributed by atoms with van der Waals surface area (Å²) < 4.78 is 21.7. The van der Waals surface area contributed by atoms with Crippen molar-refractivity contribution < 1.29 is 9.13 Å². The van der Waals surface area contributed by atoms with Crippen LogP contribution in [0.1, 0.15) is 12.0 Å². The Bertz CT molecular complexity index is 905. The number of halogens is 1. The molecule has 1 atom stereocenters. The number of ether oxygens (including phenoxy) is 1. The van der Waals surface area contributed by atoms with E-state index in [2.05, 4.69) is 32.6 Å². The monoisotopic (exact) mass is 339 g/mol. The van der Waals surface area contributed by atoms with Crippen molar-refractivity contribution >= 4 is 17.0 Å². The zero-order chi connectivity index (χ0) is 17.1. The second-order valence-electron chi connectivity index (χ2n) is 5.76. The van der Waals surface area contributed by atoms with Crippen molar-refractivity contribution in [3.63, 3.8) is 0 Å². The lowest BCUT2D eigenvalue weighted by molar-refractivity contribution is 0.174. The first-order valence-electron chi connectivity index (χ1n) is 8.27. The van der Waals surface area contributed by atoms with Gasteiger partial charge in [-0.05, 0) is 17.7 Å². The van der Waals surface area contributed by atoms with Gasteiger partial charge in [0.2, 0.25) is 6.17 Å². The predicted molar refractivity (Wildman–Crippen MR) is 93.6 cm³/mol. The standard InChI is InChI=1S/C18H18FN5O/c19-15-4-2-1-3-13-11-16(15)25-10-8-20-6-7-21-17-5-9-24-18(23-17)14(13)12-22-24/h3,5,9,11-12,15,20H,1,6-8,10H2,(H,21,23)/b13-3+,16-11?. The number of nitrogens with one attached hydrogen (secondary N) is 2. The lowest BCUT2D eigenvalue weighted by Gasteiger charge is -2.15. The predicted octanol–water partition coefficient (Wildman–Crippen LogP) is 1.77. The third-order valence-electron chi connectivity index (χ3n) is 4.04. The van der Waals surface area contributed by atoms with Crippen molar-refractivity contribution in [1.29, 1.82) is 0 Å². The topological polar surface area (TPSA) is 63.5 Å². The summed E-state index contributed by atoms with van der Waals surface area (Å²) in [4.78, 5) is 4.65. The van der Waals surface area contributed by atoms with E-state index in [0.29, 0.717) is 25.2 Å². The van der Waals surface area contributed by atoms with Crippen LogP contribution in [0.3, 0.4) is 0 Å². The smallest absolute Gasteiger partial charge is 0.217 e. The van der Waals surface area contributed by atoms with Crippen LogP contribution < -0.4 is 10.6 Å². The maximum absolute atomic E-state index is 14.3. The molecule has 2 aliphatic rings. The Balaban J connectivity index is 1.83. The highest BCUT2D eigenvalue weighted by Crippen LogP contribution is 2.25. The number of hydrogen-bond acceptors (Lipinski definition) is 5. The van der Waals surface area contributed by atoms with Crippen molar-refractivity contribution in [1.82, 2.24) is 19.9 Å². The van der Waals surface area contributed by atoms with Crippen LogP contribution in [0.25, 0.3) is 11.2 Å². The quantitative estimate of drug-likeness (QED) is 0.717. The van der Waals surface area contributed by atoms with Crippen LogP contribution in [0.5, 0.6) is 0 Å².